The zero-order valence-electron chi connectivity index (χ0n) is 27.0. The topological polar surface area (TPSA) is 73.0 Å². The smallest absolute Gasteiger partial charge is 0.238 e. The Morgan fingerprint density at radius 2 is 1.12 bits per heavy atom. The number of hydrogen-bond donors (Lipinski definition) is 0. The lowest BCUT2D eigenvalue weighted by atomic mass is 10.0. The summed E-state index contributed by atoms with van der Waals surface area (Å²) < 4.78 is 21.8. The lowest BCUT2D eigenvalue weighted by Crippen LogP contribution is -2.06. The summed E-state index contributed by atoms with van der Waals surface area (Å²) in [5.41, 5.74) is 6.88. The molecule has 8 heteroatoms. The van der Waals surface area contributed by atoms with Crippen LogP contribution in [0, 0.1) is 0 Å². The second-order valence-electron chi connectivity index (χ2n) is 12.4. The van der Waals surface area contributed by atoms with Crippen molar-refractivity contribution >= 4 is 47.9 Å². The van der Waals surface area contributed by atoms with E-state index in [0.29, 0.717) is 17.6 Å². The Bertz CT molecular complexity index is 2850. The number of hydrogen-bond acceptors (Lipinski definition) is 6. The molecule has 51 heavy (non-hydrogen) atoms. The molecule has 0 N–H and O–H groups in total. The van der Waals surface area contributed by atoms with Crippen molar-refractivity contribution in [2.75, 3.05) is 0 Å². The highest BCUT2D eigenvalue weighted by atomic mass is 32.2. The van der Waals surface area contributed by atoms with Gasteiger partial charge in [0.25, 0.3) is 0 Å². The van der Waals surface area contributed by atoms with Crippen LogP contribution in [-0.2, 0) is 9.73 Å². The molecule has 0 saturated carbocycles. The van der Waals surface area contributed by atoms with Gasteiger partial charge in [0.15, 0.2) is 11.6 Å². The van der Waals surface area contributed by atoms with Crippen molar-refractivity contribution in [3.63, 3.8) is 0 Å². The number of thiophene rings is 1. The maximum Gasteiger partial charge on any atom is 0.238 e. The van der Waals surface area contributed by atoms with Crippen LogP contribution in [0.3, 0.4) is 0 Å². The molecular weight excluding hydrogens is 667 g/mol. The summed E-state index contributed by atoms with van der Waals surface area (Å²) in [6, 6.07) is 54.7. The van der Waals surface area contributed by atoms with Gasteiger partial charge < -0.3 is 0 Å². The summed E-state index contributed by atoms with van der Waals surface area (Å²) in [6.07, 6.45) is 0. The van der Waals surface area contributed by atoms with Crippen LogP contribution in [0.1, 0.15) is 0 Å². The van der Waals surface area contributed by atoms with Gasteiger partial charge in [0.05, 0.1) is 20.8 Å². The van der Waals surface area contributed by atoms with Gasteiger partial charge in [-0.05, 0) is 48.0 Å². The number of aromatic nitrogens is 4. The number of nitrogens with zero attached hydrogens (tertiary/aromatic N) is 5. The van der Waals surface area contributed by atoms with E-state index in [-0.39, 0.29) is 0 Å². The minimum absolute atomic E-state index is 0.555. The first kappa shape index (κ1) is 29.7. The summed E-state index contributed by atoms with van der Waals surface area (Å²) >= 11 is 1.58. The lowest BCUT2D eigenvalue weighted by Gasteiger charge is -2.19. The van der Waals surface area contributed by atoms with E-state index in [9.17, 15) is 4.21 Å². The maximum absolute atomic E-state index is 14.6. The monoisotopic (exact) mass is 693 g/mol. The second-order valence-corrected chi connectivity index (χ2v) is 15.5. The third-order valence-electron chi connectivity index (χ3n) is 9.31. The van der Waals surface area contributed by atoms with Gasteiger partial charge in [0.1, 0.15) is 14.7 Å². The van der Waals surface area contributed by atoms with Crippen molar-refractivity contribution in [1.82, 2.24) is 19.5 Å². The van der Waals surface area contributed by atoms with E-state index >= 15 is 0 Å². The minimum Gasteiger partial charge on any atom is -0.278 e. The van der Waals surface area contributed by atoms with Gasteiger partial charge in [-0.2, -0.15) is 14.3 Å². The molecule has 1 unspecified atom stereocenters. The van der Waals surface area contributed by atoms with Crippen LogP contribution in [-0.4, -0.2) is 23.7 Å². The first-order valence-electron chi connectivity index (χ1n) is 16.6. The van der Waals surface area contributed by atoms with E-state index in [1.807, 2.05) is 115 Å². The fourth-order valence-corrected chi connectivity index (χ4v) is 10.3. The Kier molecular flexibility index (Phi) is 6.80. The molecule has 0 saturated heterocycles. The van der Waals surface area contributed by atoms with Gasteiger partial charge in [-0.15, -0.1) is 11.3 Å². The molecule has 4 heterocycles. The fraction of sp³-hybridized carbons (Fsp3) is 0. The van der Waals surface area contributed by atoms with Crippen molar-refractivity contribution in [3.8, 4) is 50.3 Å². The van der Waals surface area contributed by atoms with E-state index in [0.717, 1.165) is 69.3 Å². The summed E-state index contributed by atoms with van der Waals surface area (Å²) in [5.74, 6) is 1.78. The number of benzene rings is 6. The molecule has 242 valence electrons. The van der Waals surface area contributed by atoms with Crippen molar-refractivity contribution in [1.29, 1.82) is 0 Å². The molecule has 1 aliphatic rings. The molecule has 0 spiro atoms. The third-order valence-corrected chi connectivity index (χ3v) is 12.8. The summed E-state index contributed by atoms with van der Waals surface area (Å²) in [4.78, 5) is 17.6. The van der Waals surface area contributed by atoms with E-state index in [1.54, 1.807) is 11.3 Å². The van der Waals surface area contributed by atoms with Crippen molar-refractivity contribution in [2.24, 2.45) is 4.36 Å². The highest BCUT2D eigenvalue weighted by Gasteiger charge is 2.28. The molecule has 6 nitrogen and oxygen atoms in total. The van der Waals surface area contributed by atoms with Crippen molar-refractivity contribution in [2.45, 2.75) is 9.79 Å². The average Bonchev–Trinajstić information content (AvgIpc) is 3.78. The quantitative estimate of drug-likeness (QED) is 0.180. The third kappa shape index (κ3) is 4.83. The molecule has 0 aliphatic carbocycles. The molecule has 0 radical (unpaired) electrons. The van der Waals surface area contributed by atoms with Gasteiger partial charge in [-0.1, -0.05) is 121 Å². The molecule has 0 bridgehead atoms. The first-order valence-corrected chi connectivity index (χ1v) is 18.9. The van der Waals surface area contributed by atoms with Crippen LogP contribution in [0.4, 0.5) is 5.00 Å². The van der Waals surface area contributed by atoms with Crippen molar-refractivity contribution in [3.05, 3.63) is 164 Å². The van der Waals surface area contributed by atoms with Gasteiger partial charge in [0, 0.05) is 37.9 Å². The predicted molar refractivity (Wildman–Crippen MR) is 207 cm³/mol. The molecule has 9 aromatic rings. The summed E-state index contributed by atoms with van der Waals surface area (Å²) in [5, 5.41) is 2.97. The van der Waals surface area contributed by atoms with Crippen molar-refractivity contribution < 1.29 is 4.21 Å². The Hall–Kier alpha value is -6.22. The molecule has 1 aliphatic heterocycles. The van der Waals surface area contributed by atoms with E-state index < -0.39 is 9.73 Å². The minimum atomic E-state index is -2.84. The summed E-state index contributed by atoms with van der Waals surface area (Å²) in [6.45, 7) is 0. The van der Waals surface area contributed by atoms with E-state index in [2.05, 4.69) is 53.1 Å². The molecule has 1 atom stereocenters. The molecule has 6 aromatic carbocycles. The maximum atomic E-state index is 14.6. The Morgan fingerprint density at radius 1 is 0.510 bits per heavy atom. The van der Waals surface area contributed by atoms with Crippen LogP contribution >= 0.6 is 11.3 Å². The SMILES string of the molecule is O=S1(c2ccccc2)=Nc2sc(-c3ccc4c(c3)c3ccccc3n4-c3nc(-c4ccccc4)nc(-c4ccccc4)n3)cc2-c2ccccc21. The van der Waals surface area contributed by atoms with Gasteiger partial charge >= 0.3 is 0 Å². The van der Waals surface area contributed by atoms with Crippen LogP contribution in [0.25, 0.3) is 72.1 Å². The Balaban J connectivity index is 1.16. The van der Waals surface area contributed by atoms with Crippen LogP contribution < -0.4 is 0 Å². The number of para-hydroxylation sites is 1. The number of rotatable bonds is 5. The molecule has 3 aromatic heterocycles. The normalized spacial score (nSPS) is 15.0. The molecule has 0 amide bonds. The highest BCUT2D eigenvalue weighted by molar-refractivity contribution is 7.94. The zero-order chi connectivity index (χ0) is 33.9. The van der Waals surface area contributed by atoms with Crippen LogP contribution in [0.15, 0.2) is 178 Å². The van der Waals surface area contributed by atoms with Gasteiger partial charge in [0.2, 0.25) is 5.95 Å². The van der Waals surface area contributed by atoms with E-state index in [1.165, 1.54) is 0 Å². The van der Waals surface area contributed by atoms with E-state index in [4.69, 9.17) is 19.3 Å². The molecule has 10 rings (SSSR count). The summed E-state index contributed by atoms with van der Waals surface area (Å²) in [7, 11) is -2.84. The fourth-order valence-electron chi connectivity index (χ4n) is 6.90. The average molecular weight is 694 g/mol. The second kappa shape index (κ2) is 11.7. The highest BCUT2D eigenvalue weighted by Crippen LogP contribution is 2.51. The van der Waals surface area contributed by atoms with Crippen LogP contribution in [0.2, 0.25) is 0 Å². The number of fused-ring (bicyclic) bond motifs is 6. The largest absolute Gasteiger partial charge is 0.278 e. The van der Waals surface area contributed by atoms with Gasteiger partial charge in [-0.3, -0.25) is 4.57 Å². The standard InChI is InChI=1S/C43H27N5OS2/c49-51(31-18-8-3-9-19-31)39-23-13-11-21-33(39)35-27-38(50-42(35)47-51)30-24-25-37-34(26-30)32-20-10-12-22-36(32)48(37)43-45-40(28-14-4-1-5-15-28)44-41(46-43)29-16-6-2-7-17-29/h1-27H. The predicted octanol–water partition coefficient (Wildman–Crippen LogP) is 11.2. The van der Waals surface area contributed by atoms with Gasteiger partial charge in [-0.25, -0.2) is 9.19 Å². The first-order chi connectivity index (χ1) is 25.1. The van der Waals surface area contributed by atoms with Crippen LogP contribution in [0.5, 0.6) is 0 Å². The lowest BCUT2D eigenvalue weighted by molar-refractivity contribution is 0.676. The molecule has 0 fully saturated rings. The Labute approximate surface area is 298 Å². The Morgan fingerprint density at radius 3 is 1.84 bits per heavy atom. The molecular formula is C43H27N5OS2. The zero-order valence-corrected chi connectivity index (χ0v) is 28.7.